The highest BCUT2D eigenvalue weighted by Crippen LogP contribution is 2.26. The van der Waals surface area contributed by atoms with Gasteiger partial charge in [-0.15, -0.1) is 0 Å². The summed E-state index contributed by atoms with van der Waals surface area (Å²) in [5.41, 5.74) is 1.32. The van der Waals surface area contributed by atoms with Crippen molar-refractivity contribution in [2.75, 3.05) is 24.3 Å². The van der Waals surface area contributed by atoms with E-state index < -0.39 is 11.7 Å². The lowest BCUT2D eigenvalue weighted by Gasteiger charge is -2.29. The second-order valence-corrected chi connectivity index (χ2v) is 8.14. The van der Waals surface area contributed by atoms with E-state index in [2.05, 4.69) is 15.6 Å². The van der Waals surface area contributed by atoms with Crippen LogP contribution in [0.25, 0.3) is 10.9 Å². The van der Waals surface area contributed by atoms with Crippen molar-refractivity contribution < 1.29 is 9.59 Å². The number of fused-ring (bicyclic) bond motifs is 1. The third kappa shape index (κ3) is 4.82. The van der Waals surface area contributed by atoms with E-state index in [0.717, 1.165) is 42.4 Å². The third-order valence-electron chi connectivity index (χ3n) is 5.64. The van der Waals surface area contributed by atoms with Gasteiger partial charge in [-0.3, -0.25) is 9.59 Å². The number of hydrogen-bond donors (Lipinski definition) is 2. The lowest BCUT2D eigenvalue weighted by atomic mass is 9.91. The lowest BCUT2D eigenvalue weighted by Crippen LogP contribution is -2.43. The van der Waals surface area contributed by atoms with Crippen molar-refractivity contribution in [1.82, 2.24) is 15.3 Å². The molecule has 0 spiro atoms. The minimum atomic E-state index is -0.531. The Kier molecular flexibility index (Phi) is 6.11. The minimum absolute atomic E-state index is 0.00747. The molecule has 1 aliphatic carbocycles. The predicted molar refractivity (Wildman–Crippen MR) is 122 cm³/mol. The number of nitrogens with one attached hydrogen (secondary N) is 2. The van der Waals surface area contributed by atoms with Crippen LogP contribution in [0.15, 0.2) is 54.6 Å². The van der Waals surface area contributed by atoms with Crippen molar-refractivity contribution in [3.63, 3.8) is 0 Å². The van der Waals surface area contributed by atoms with Crippen LogP contribution >= 0.6 is 0 Å². The van der Waals surface area contributed by atoms with Gasteiger partial charge in [0.05, 0.1) is 5.52 Å². The highest BCUT2D eigenvalue weighted by molar-refractivity contribution is 6.42. The number of anilines is 2. The predicted octanol–water partition coefficient (Wildman–Crippen LogP) is 3.42. The second kappa shape index (κ2) is 9.12. The van der Waals surface area contributed by atoms with Gasteiger partial charge < -0.3 is 15.5 Å². The van der Waals surface area contributed by atoms with Crippen molar-refractivity contribution in [3.8, 4) is 0 Å². The molecule has 1 amide bonds. The normalized spacial score (nSPS) is 18.4. The van der Waals surface area contributed by atoms with E-state index in [4.69, 9.17) is 4.98 Å². The van der Waals surface area contributed by atoms with Crippen molar-refractivity contribution in [1.29, 1.82) is 0 Å². The van der Waals surface area contributed by atoms with Gasteiger partial charge >= 0.3 is 0 Å². The Balaban J connectivity index is 1.35. The fraction of sp³-hybridized carbons (Fsp3) is 0.333. The topological polar surface area (TPSA) is 87.2 Å². The molecule has 1 heterocycles. The van der Waals surface area contributed by atoms with Gasteiger partial charge in [0.1, 0.15) is 5.82 Å². The van der Waals surface area contributed by atoms with Crippen LogP contribution in [0.4, 0.5) is 11.8 Å². The number of nitrogens with zero attached hydrogens (tertiary/aromatic N) is 3. The van der Waals surface area contributed by atoms with E-state index in [0.29, 0.717) is 11.5 Å². The van der Waals surface area contributed by atoms with Crippen LogP contribution in [-0.4, -0.2) is 47.8 Å². The first-order valence-electron chi connectivity index (χ1n) is 10.6. The molecule has 0 bridgehead atoms. The summed E-state index contributed by atoms with van der Waals surface area (Å²) in [7, 11) is 3.95. The summed E-state index contributed by atoms with van der Waals surface area (Å²) in [6, 6.07) is 16.9. The molecule has 0 aliphatic heterocycles. The minimum Gasteiger partial charge on any atom is -0.362 e. The number of carbonyl (C=O) groups is 2. The Labute approximate surface area is 181 Å². The molecule has 7 nitrogen and oxygen atoms in total. The number of benzene rings is 2. The van der Waals surface area contributed by atoms with Crippen LogP contribution < -0.4 is 15.5 Å². The Hall–Kier alpha value is -3.48. The average molecular weight is 418 g/mol. The van der Waals surface area contributed by atoms with Crippen LogP contribution in [0, 0.1) is 0 Å². The van der Waals surface area contributed by atoms with Crippen molar-refractivity contribution in [2.45, 2.75) is 37.8 Å². The average Bonchev–Trinajstić information content (AvgIpc) is 2.79. The zero-order valence-electron chi connectivity index (χ0n) is 17.8. The van der Waals surface area contributed by atoms with Crippen LogP contribution in [0.2, 0.25) is 0 Å². The largest absolute Gasteiger partial charge is 0.362 e. The highest BCUT2D eigenvalue weighted by atomic mass is 16.2. The zero-order chi connectivity index (χ0) is 21.8. The maximum Gasteiger partial charge on any atom is 0.292 e. The fourth-order valence-electron chi connectivity index (χ4n) is 4.00. The molecule has 1 saturated carbocycles. The van der Waals surface area contributed by atoms with E-state index >= 15 is 0 Å². The number of para-hydroxylation sites is 1. The summed E-state index contributed by atoms with van der Waals surface area (Å²) in [5, 5.41) is 7.38. The molecule has 31 heavy (non-hydrogen) atoms. The molecule has 0 radical (unpaired) electrons. The molecule has 0 saturated heterocycles. The summed E-state index contributed by atoms with van der Waals surface area (Å²) >= 11 is 0. The molecule has 1 fully saturated rings. The van der Waals surface area contributed by atoms with Gasteiger partial charge in [-0.2, -0.15) is 4.98 Å². The van der Waals surface area contributed by atoms with Crippen LogP contribution in [0.3, 0.4) is 0 Å². The summed E-state index contributed by atoms with van der Waals surface area (Å²) in [4.78, 5) is 36.0. The maximum absolute atomic E-state index is 12.3. The van der Waals surface area contributed by atoms with Gasteiger partial charge in [0.25, 0.3) is 5.91 Å². The molecule has 1 aliphatic rings. The standard InChI is InChI=1S/C24H27N5O2/c1-29(2)22-19-10-6-7-11-20(19)27-24(28-22)26-18-14-12-17(13-15-18)25-23(31)21(30)16-8-4-3-5-9-16/h3-11,17-18H,12-15H2,1-2H3,(H,25,31)(H,26,27,28)/t17-,18+. The van der Waals surface area contributed by atoms with Gasteiger partial charge in [0, 0.05) is 37.1 Å². The molecule has 1 aromatic heterocycles. The SMILES string of the molecule is CN(C)c1nc(N[C@H]2CC[C@@H](NC(=O)C(=O)c3ccccc3)CC2)nc2ccccc12. The quantitative estimate of drug-likeness (QED) is 0.472. The smallest absolute Gasteiger partial charge is 0.292 e. The number of carbonyl (C=O) groups excluding carboxylic acids is 2. The highest BCUT2D eigenvalue weighted by Gasteiger charge is 2.25. The van der Waals surface area contributed by atoms with Gasteiger partial charge in [-0.25, -0.2) is 4.98 Å². The van der Waals surface area contributed by atoms with E-state index in [1.165, 1.54) is 0 Å². The van der Waals surface area contributed by atoms with Crippen LogP contribution in [0.5, 0.6) is 0 Å². The van der Waals surface area contributed by atoms with Gasteiger partial charge in [0.15, 0.2) is 0 Å². The molecule has 3 aromatic rings. The molecule has 2 aromatic carbocycles. The summed E-state index contributed by atoms with van der Waals surface area (Å²) in [5.74, 6) is 0.486. The Morgan fingerprint density at radius 1 is 0.871 bits per heavy atom. The van der Waals surface area contributed by atoms with Gasteiger partial charge in [-0.05, 0) is 37.8 Å². The number of aromatic nitrogens is 2. The molecule has 0 unspecified atom stereocenters. The number of Topliss-reactive ketones (excluding diaryl/α,β-unsaturated/α-hetero) is 1. The van der Waals surface area contributed by atoms with Crippen LogP contribution in [0.1, 0.15) is 36.0 Å². The maximum atomic E-state index is 12.3. The van der Waals surface area contributed by atoms with Crippen LogP contribution in [-0.2, 0) is 4.79 Å². The lowest BCUT2D eigenvalue weighted by molar-refractivity contribution is -0.117. The number of rotatable bonds is 6. The molecule has 160 valence electrons. The molecule has 4 rings (SSSR count). The zero-order valence-corrected chi connectivity index (χ0v) is 17.8. The van der Waals surface area contributed by atoms with E-state index in [-0.39, 0.29) is 12.1 Å². The van der Waals surface area contributed by atoms with Crippen molar-refractivity contribution in [2.24, 2.45) is 0 Å². The Bertz CT molecular complexity index is 1080. The van der Waals surface area contributed by atoms with E-state index in [1.807, 2.05) is 49.3 Å². The Morgan fingerprint density at radius 3 is 2.23 bits per heavy atom. The van der Waals surface area contributed by atoms with Crippen molar-refractivity contribution in [3.05, 3.63) is 60.2 Å². The molecule has 0 atom stereocenters. The monoisotopic (exact) mass is 417 g/mol. The first-order valence-corrected chi connectivity index (χ1v) is 10.6. The summed E-state index contributed by atoms with van der Waals surface area (Å²) in [6.07, 6.45) is 3.36. The van der Waals surface area contributed by atoms with Crippen molar-refractivity contribution >= 4 is 34.4 Å². The second-order valence-electron chi connectivity index (χ2n) is 8.14. The molecular formula is C24H27N5O2. The van der Waals surface area contributed by atoms with Gasteiger partial charge in [0.2, 0.25) is 11.7 Å². The van der Waals surface area contributed by atoms with E-state index in [9.17, 15) is 9.59 Å². The molecule has 7 heteroatoms. The Morgan fingerprint density at radius 2 is 1.52 bits per heavy atom. The van der Waals surface area contributed by atoms with Gasteiger partial charge in [-0.1, -0.05) is 42.5 Å². The summed E-state index contributed by atoms with van der Waals surface area (Å²) in [6.45, 7) is 0. The first-order chi connectivity index (χ1) is 15.0. The molecular weight excluding hydrogens is 390 g/mol. The fourth-order valence-corrected chi connectivity index (χ4v) is 4.00. The number of ketones is 1. The number of amides is 1. The first kappa shape index (κ1) is 20.8. The molecule has 2 N–H and O–H groups in total. The number of hydrogen-bond acceptors (Lipinski definition) is 6. The summed E-state index contributed by atoms with van der Waals surface area (Å²) < 4.78 is 0. The third-order valence-corrected chi connectivity index (χ3v) is 5.64. The van der Waals surface area contributed by atoms with E-state index in [1.54, 1.807) is 24.3 Å².